The van der Waals surface area contributed by atoms with Gasteiger partial charge in [-0.05, 0) is 24.8 Å². The van der Waals surface area contributed by atoms with Crippen molar-refractivity contribution < 1.29 is 9.18 Å². The van der Waals surface area contributed by atoms with Gasteiger partial charge in [0.15, 0.2) is 0 Å². The van der Waals surface area contributed by atoms with Crippen LogP contribution in [0.5, 0.6) is 0 Å². The maximum atomic E-state index is 12.4. The summed E-state index contributed by atoms with van der Waals surface area (Å²) in [4.78, 5) is 13.6. The summed E-state index contributed by atoms with van der Waals surface area (Å²) in [6, 6.07) is 1.79. The number of piperidine rings is 1. The molecule has 1 aliphatic rings. The fourth-order valence-electron chi connectivity index (χ4n) is 1.97. The second kappa shape index (κ2) is 5.09. The Kier molecular flexibility index (Phi) is 3.54. The van der Waals surface area contributed by atoms with Gasteiger partial charge in [-0.25, -0.2) is 0 Å². The van der Waals surface area contributed by atoms with Crippen LogP contribution in [0.25, 0.3) is 0 Å². The topological polar surface area (TPSA) is 38.1 Å². The van der Waals surface area contributed by atoms with Gasteiger partial charge >= 0.3 is 0 Å². The molecule has 2 rings (SSSR count). The zero-order valence-electron chi connectivity index (χ0n) is 9.18. The molecular weight excluding hydrogens is 209 g/mol. The molecule has 0 aromatic carbocycles. The number of carbonyl (C=O) groups is 1. The molecule has 1 amide bonds. The number of hydrogen-bond acceptors (Lipinski definition) is 2. The maximum absolute atomic E-state index is 12.4. The fraction of sp³-hybridized carbons (Fsp3) is 0.636. The standard InChI is InChI=1S/C11H16FN3O/c12-8-10-2-6-14(7-3-10)11(16)9-15-5-1-4-13-15/h1,4-5,10H,2-3,6-9H2. The molecule has 88 valence electrons. The summed E-state index contributed by atoms with van der Waals surface area (Å²) in [6.45, 7) is 1.37. The van der Waals surface area contributed by atoms with Gasteiger partial charge in [-0.3, -0.25) is 13.9 Å². The lowest BCUT2D eigenvalue weighted by Crippen LogP contribution is -2.40. The Morgan fingerprint density at radius 3 is 2.75 bits per heavy atom. The van der Waals surface area contributed by atoms with Crippen LogP contribution >= 0.6 is 0 Å². The summed E-state index contributed by atoms with van der Waals surface area (Å²) in [7, 11) is 0. The molecule has 1 aliphatic heterocycles. The number of likely N-dealkylation sites (tertiary alicyclic amines) is 1. The number of halogens is 1. The van der Waals surface area contributed by atoms with Gasteiger partial charge in [-0.15, -0.1) is 0 Å². The van der Waals surface area contributed by atoms with Crippen LogP contribution in [0.15, 0.2) is 18.5 Å². The Hall–Kier alpha value is -1.39. The molecule has 1 fully saturated rings. The number of amides is 1. The third-order valence-electron chi connectivity index (χ3n) is 3.04. The summed E-state index contributed by atoms with van der Waals surface area (Å²) in [5.74, 6) is 0.217. The highest BCUT2D eigenvalue weighted by Gasteiger charge is 2.22. The Morgan fingerprint density at radius 2 is 2.19 bits per heavy atom. The van der Waals surface area contributed by atoms with Gasteiger partial charge in [-0.1, -0.05) is 0 Å². The van der Waals surface area contributed by atoms with E-state index >= 15 is 0 Å². The third kappa shape index (κ3) is 2.59. The predicted octanol–water partition coefficient (Wildman–Crippen LogP) is 1.09. The van der Waals surface area contributed by atoms with Crippen LogP contribution in [0.3, 0.4) is 0 Å². The molecule has 5 heteroatoms. The summed E-state index contributed by atoms with van der Waals surface area (Å²) in [5.41, 5.74) is 0. The first-order chi connectivity index (χ1) is 7.79. The second-order valence-corrected chi connectivity index (χ2v) is 4.18. The molecule has 1 saturated heterocycles. The van der Waals surface area contributed by atoms with Crippen molar-refractivity contribution in [2.45, 2.75) is 19.4 Å². The first-order valence-electron chi connectivity index (χ1n) is 5.61. The molecule has 4 nitrogen and oxygen atoms in total. The molecule has 0 N–H and O–H groups in total. The number of hydrogen-bond donors (Lipinski definition) is 0. The second-order valence-electron chi connectivity index (χ2n) is 4.18. The lowest BCUT2D eigenvalue weighted by atomic mass is 9.98. The summed E-state index contributed by atoms with van der Waals surface area (Å²) < 4.78 is 14.0. The molecule has 1 aromatic heterocycles. The number of alkyl halides is 1. The highest BCUT2D eigenvalue weighted by atomic mass is 19.1. The van der Waals surface area contributed by atoms with E-state index in [1.807, 2.05) is 0 Å². The molecule has 0 atom stereocenters. The summed E-state index contributed by atoms with van der Waals surface area (Å²) in [6.07, 6.45) is 4.98. The van der Waals surface area contributed by atoms with Crippen LogP contribution in [0.4, 0.5) is 4.39 Å². The van der Waals surface area contributed by atoms with Crippen molar-refractivity contribution in [2.75, 3.05) is 19.8 Å². The minimum absolute atomic E-state index is 0.0704. The van der Waals surface area contributed by atoms with E-state index in [1.54, 1.807) is 28.0 Å². The fourth-order valence-corrected chi connectivity index (χ4v) is 1.97. The smallest absolute Gasteiger partial charge is 0.244 e. The van der Waals surface area contributed by atoms with E-state index in [-0.39, 0.29) is 25.0 Å². The largest absolute Gasteiger partial charge is 0.341 e. The van der Waals surface area contributed by atoms with Gasteiger partial charge in [0.2, 0.25) is 5.91 Å². The minimum Gasteiger partial charge on any atom is -0.341 e. The van der Waals surface area contributed by atoms with Gasteiger partial charge in [0.1, 0.15) is 6.54 Å². The number of aromatic nitrogens is 2. The molecule has 0 saturated carbocycles. The average molecular weight is 225 g/mol. The van der Waals surface area contributed by atoms with Crippen molar-refractivity contribution in [2.24, 2.45) is 5.92 Å². The highest BCUT2D eigenvalue weighted by Crippen LogP contribution is 2.17. The van der Waals surface area contributed by atoms with E-state index in [1.165, 1.54) is 0 Å². The van der Waals surface area contributed by atoms with Crippen molar-refractivity contribution in [3.05, 3.63) is 18.5 Å². The Bertz CT molecular complexity index is 331. The van der Waals surface area contributed by atoms with Gasteiger partial charge in [0, 0.05) is 25.5 Å². The van der Waals surface area contributed by atoms with Crippen LogP contribution in [0.2, 0.25) is 0 Å². The van der Waals surface area contributed by atoms with Crippen molar-refractivity contribution >= 4 is 5.91 Å². The number of nitrogens with zero attached hydrogens (tertiary/aromatic N) is 3. The van der Waals surface area contributed by atoms with E-state index in [4.69, 9.17) is 0 Å². The van der Waals surface area contributed by atoms with E-state index in [0.29, 0.717) is 13.1 Å². The van der Waals surface area contributed by atoms with Crippen LogP contribution in [-0.4, -0.2) is 40.4 Å². The van der Waals surface area contributed by atoms with E-state index in [0.717, 1.165) is 12.8 Å². The first-order valence-corrected chi connectivity index (χ1v) is 5.61. The van der Waals surface area contributed by atoms with Crippen LogP contribution in [0, 0.1) is 5.92 Å². The molecule has 16 heavy (non-hydrogen) atoms. The van der Waals surface area contributed by atoms with Crippen molar-refractivity contribution in [1.29, 1.82) is 0 Å². The Labute approximate surface area is 94.0 Å². The van der Waals surface area contributed by atoms with Crippen molar-refractivity contribution in [3.63, 3.8) is 0 Å². The van der Waals surface area contributed by atoms with Crippen LogP contribution in [0.1, 0.15) is 12.8 Å². The first kappa shape index (κ1) is 11.1. The molecule has 0 bridgehead atoms. The average Bonchev–Trinajstić information content (AvgIpc) is 2.82. The highest BCUT2D eigenvalue weighted by molar-refractivity contribution is 5.75. The molecule has 0 unspecified atom stereocenters. The number of rotatable bonds is 3. The summed E-state index contributed by atoms with van der Waals surface area (Å²) in [5, 5.41) is 3.99. The lowest BCUT2D eigenvalue weighted by Gasteiger charge is -2.30. The Morgan fingerprint density at radius 1 is 1.44 bits per heavy atom. The monoisotopic (exact) mass is 225 g/mol. The van der Waals surface area contributed by atoms with Crippen LogP contribution < -0.4 is 0 Å². The third-order valence-corrected chi connectivity index (χ3v) is 3.04. The van der Waals surface area contributed by atoms with E-state index in [9.17, 15) is 9.18 Å². The quantitative estimate of drug-likeness (QED) is 0.772. The van der Waals surface area contributed by atoms with E-state index in [2.05, 4.69) is 5.10 Å². The minimum atomic E-state index is -0.263. The van der Waals surface area contributed by atoms with Gasteiger partial charge in [0.25, 0.3) is 0 Å². The lowest BCUT2D eigenvalue weighted by molar-refractivity contribution is -0.133. The zero-order valence-corrected chi connectivity index (χ0v) is 9.18. The van der Waals surface area contributed by atoms with Gasteiger partial charge < -0.3 is 4.90 Å². The SMILES string of the molecule is O=C(Cn1cccn1)N1CCC(CF)CC1. The molecule has 0 aliphatic carbocycles. The molecule has 0 spiro atoms. The number of carbonyl (C=O) groups excluding carboxylic acids is 1. The zero-order chi connectivity index (χ0) is 11.4. The van der Waals surface area contributed by atoms with Gasteiger partial charge in [0.05, 0.1) is 6.67 Å². The predicted molar refractivity (Wildman–Crippen MR) is 57.5 cm³/mol. The maximum Gasteiger partial charge on any atom is 0.244 e. The van der Waals surface area contributed by atoms with Gasteiger partial charge in [-0.2, -0.15) is 5.10 Å². The van der Waals surface area contributed by atoms with E-state index < -0.39 is 0 Å². The molecule has 2 heterocycles. The summed E-state index contributed by atoms with van der Waals surface area (Å²) >= 11 is 0. The normalized spacial score (nSPS) is 17.7. The molecular formula is C11H16FN3O. The Balaban J connectivity index is 1.82. The van der Waals surface area contributed by atoms with Crippen LogP contribution in [-0.2, 0) is 11.3 Å². The van der Waals surface area contributed by atoms with Crippen molar-refractivity contribution in [3.8, 4) is 0 Å². The molecule has 0 radical (unpaired) electrons. The molecule has 1 aromatic rings. The van der Waals surface area contributed by atoms with Crippen molar-refractivity contribution in [1.82, 2.24) is 14.7 Å².